The van der Waals surface area contributed by atoms with Crippen LogP contribution in [0.2, 0.25) is 0 Å². The first-order valence-electron chi connectivity index (χ1n) is 5.61. The zero-order valence-corrected chi connectivity index (χ0v) is 11.6. The Kier molecular flexibility index (Phi) is 7.43. The van der Waals surface area contributed by atoms with Gasteiger partial charge >= 0.3 is 0 Å². The topological polar surface area (TPSA) is 86.7 Å². The Morgan fingerprint density at radius 2 is 2.11 bits per heavy atom. The van der Waals surface area contributed by atoms with E-state index in [4.69, 9.17) is 11.2 Å². The Hall–Kier alpha value is -0.650. The number of hydrogen-bond acceptors (Lipinski definition) is 5. The number of hydrogen-bond donors (Lipinski definition) is 1. The van der Waals surface area contributed by atoms with Crippen molar-refractivity contribution < 1.29 is 27.3 Å². The largest absolute Gasteiger partial charge is 0.748 e. The molecule has 0 heterocycles. The maximum Gasteiger partial charge on any atom is 0.126 e. The van der Waals surface area contributed by atoms with Gasteiger partial charge in [-0.05, 0) is 0 Å². The molecule has 0 rings (SSSR count). The molecule has 1 atom stereocenters. The second kappa shape index (κ2) is 7.71. The van der Waals surface area contributed by atoms with E-state index in [1.807, 2.05) is 14.1 Å². The first-order chi connectivity index (χ1) is 8.16. The molecule has 0 aromatic rings. The SMILES string of the molecule is C#CCOC[C@H](O)C[N+](C)(C)CCCS(=O)(=O)[O-]. The van der Waals surface area contributed by atoms with Crippen molar-refractivity contribution in [1.82, 2.24) is 0 Å². The fourth-order valence-corrected chi connectivity index (χ4v) is 2.12. The Morgan fingerprint density at radius 3 is 2.61 bits per heavy atom. The van der Waals surface area contributed by atoms with Gasteiger partial charge in [0.25, 0.3) is 0 Å². The molecule has 0 unspecified atom stereocenters. The summed E-state index contributed by atoms with van der Waals surface area (Å²) in [6.45, 7) is 1.20. The average molecular weight is 279 g/mol. The second-order valence-corrected chi connectivity index (χ2v) is 6.35. The van der Waals surface area contributed by atoms with Gasteiger partial charge in [-0.3, -0.25) is 0 Å². The van der Waals surface area contributed by atoms with Crippen molar-refractivity contribution >= 4 is 10.1 Å². The third-order valence-electron chi connectivity index (χ3n) is 2.36. The van der Waals surface area contributed by atoms with Gasteiger partial charge in [0.15, 0.2) is 0 Å². The van der Waals surface area contributed by atoms with E-state index < -0.39 is 16.2 Å². The number of aliphatic hydroxyl groups is 1. The molecule has 0 saturated heterocycles. The van der Waals surface area contributed by atoms with Crippen molar-refractivity contribution in [1.29, 1.82) is 0 Å². The monoisotopic (exact) mass is 279 g/mol. The number of terminal acetylenes is 1. The molecule has 0 aliphatic carbocycles. The molecule has 106 valence electrons. The quantitative estimate of drug-likeness (QED) is 0.253. The summed E-state index contributed by atoms with van der Waals surface area (Å²) < 4.78 is 36.8. The third-order valence-corrected chi connectivity index (χ3v) is 3.15. The lowest BCUT2D eigenvalue weighted by Gasteiger charge is -2.31. The van der Waals surface area contributed by atoms with Crippen LogP contribution in [0.1, 0.15) is 6.42 Å². The molecule has 0 bridgehead atoms. The van der Waals surface area contributed by atoms with Crippen molar-refractivity contribution in [2.24, 2.45) is 0 Å². The van der Waals surface area contributed by atoms with Crippen molar-refractivity contribution in [2.75, 3.05) is 46.2 Å². The van der Waals surface area contributed by atoms with E-state index in [1.165, 1.54) is 0 Å². The van der Waals surface area contributed by atoms with Crippen molar-refractivity contribution in [2.45, 2.75) is 12.5 Å². The van der Waals surface area contributed by atoms with Gasteiger partial charge in [0.1, 0.15) is 19.3 Å². The number of quaternary nitrogens is 1. The third kappa shape index (κ3) is 10.5. The van der Waals surface area contributed by atoms with Crippen LogP contribution in [0.3, 0.4) is 0 Å². The first kappa shape index (κ1) is 17.4. The maximum atomic E-state index is 10.5. The van der Waals surface area contributed by atoms with Crippen LogP contribution in [0.5, 0.6) is 0 Å². The van der Waals surface area contributed by atoms with E-state index in [-0.39, 0.29) is 25.4 Å². The molecule has 0 saturated carbocycles. The van der Waals surface area contributed by atoms with Gasteiger partial charge in [0.2, 0.25) is 0 Å². The summed E-state index contributed by atoms with van der Waals surface area (Å²) in [7, 11) is -0.464. The lowest BCUT2D eigenvalue weighted by molar-refractivity contribution is -0.893. The van der Waals surface area contributed by atoms with Gasteiger partial charge in [0.05, 0.1) is 37.4 Å². The molecule has 0 fully saturated rings. The van der Waals surface area contributed by atoms with E-state index in [0.29, 0.717) is 17.6 Å². The Labute approximate surface area is 109 Å². The molecule has 7 heteroatoms. The summed E-state index contributed by atoms with van der Waals surface area (Å²) in [6, 6.07) is 0. The fourth-order valence-electron chi connectivity index (χ4n) is 1.64. The van der Waals surface area contributed by atoms with Gasteiger partial charge in [-0.25, -0.2) is 8.42 Å². The number of likely N-dealkylation sites (N-methyl/N-ethyl adjacent to an activating group) is 1. The molecule has 0 aromatic heterocycles. The van der Waals surface area contributed by atoms with Crippen LogP contribution >= 0.6 is 0 Å². The smallest absolute Gasteiger partial charge is 0.126 e. The molecular formula is C11H21NO5S. The van der Waals surface area contributed by atoms with Crippen molar-refractivity contribution in [3.05, 3.63) is 0 Å². The maximum absolute atomic E-state index is 10.5. The molecule has 0 radical (unpaired) electrons. The second-order valence-electron chi connectivity index (χ2n) is 4.83. The van der Waals surface area contributed by atoms with Crippen LogP contribution in [0.15, 0.2) is 0 Å². The molecule has 0 spiro atoms. The van der Waals surface area contributed by atoms with Crippen molar-refractivity contribution in [3.63, 3.8) is 0 Å². The molecular weight excluding hydrogens is 258 g/mol. The first-order valence-corrected chi connectivity index (χ1v) is 7.19. The highest BCUT2D eigenvalue weighted by Gasteiger charge is 2.20. The van der Waals surface area contributed by atoms with Gasteiger partial charge in [-0.15, -0.1) is 6.42 Å². The summed E-state index contributed by atoms with van der Waals surface area (Å²) in [6.07, 6.45) is 4.61. The minimum absolute atomic E-state index is 0.145. The molecule has 0 aliphatic rings. The summed E-state index contributed by atoms with van der Waals surface area (Å²) in [5.41, 5.74) is 0. The summed E-state index contributed by atoms with van der Waals surface area (Å²) in [5, 5.41) is 9.68. The normalized spacial score (nSPS) is 14.2. The van der Waals surface area contributed by atoms with Gasteiger partial charge in [-0.1, -0.05) is 5.92 Å². The van der Waals surface area contributed by atoms with Crippen LogP contribution in [0, 0.1) is 12.3 Å². The zero-order chi connectivity index (χ0) is 14.2. The lowest BCUT2D eigenvalue weighted by atomic mass is 10.3. The van der Waals surface area contributed by atoms with E-state index in [9.17, 15) is 18.1 Å². The molecule has 1 N–H and O–H groups in total. The molecule has 0 aromatic carbocycles. The van der Waals surface area contributed by atoms with E-state index in [2.05, 4.69) is 5.92 Å². The predicted octanol–water partition coefficient (Wildman–Crippen LogP) is -0.991. The summed E-state index contributed by atoms with van der Waals surface area (Å²) in [4.78, 5) is 0. The van der Waals surface area contributed by atoms with Gasteiger partial charge < -0.3 is 18.9 Å². The fraction of sp³-hybridized carbons (Fsp3) is 0.818. The number of aliphatic hydroxyl groups excluding tert-OH is 1. The number of rotatable bonds is 9. The van der Waals surface area contributed by atoms with E-state index in [1.54, 1.807) is 0 Å². The Morgan fingerprint density at radius 1 is 1.50 bits per heavy atom. The van der Waals surface area contributed by atoms with E-state index in [0.717, 1.165) is 0 Å². The Bertz CT molecular complexity index is 371. The van der Waals surface area contributed by atoms with Crippen LogP contribution in [-0.4, -0.2) is 74.8 Å². The lowest BCUT2D eigenvalue weighted by Crippen LogP contribution is -2.47. The standard InChI is InChI=1S/C11H21NO5S/c1-4-7-17-10-11(13)9-12(2,3)6-5-8-18(14,15)16/h1,11,13H,5-10H2,2-3H3/t11-/m1/s1. The molecule has 0 amide bonds. The average Bonchev–Trinajstić information content (AvgIpc) is 2.14. The molecule has 0 aliphatic heterocycles. The predicted molar refractivity (Wildman–Crippen MR) is 66.7 cm³/mol. The molecule has 6 nitrogen and oxygen atoms in total. The number of nitrogens with zero attached hydrogens (tertiary/aromatic N) is 1. The van der Waals surface area contributed by atoms with Crippen LogP contribution in [0.25, 0.3) is 0 Å². The van der Waals surface area contributed by atoms with Crippen molar-refractivity contribution in [3.8, 4) is 12.3 Å². The van der Waals surface area contributed by atoms with Crippen LogP contribution < -0.4 is 0 Å². The molecule has 18 heavy (non-hydrogen) atoms. The summed E-state index contributed by atoms with van der Waals surface area (Å²) >= 11 is 0. The highest BCUT2D eigenvalue weighted by molar-refractivity contribution is 7.85. The van der Waals surface area contributed by atoms with Gasteiger partial charge in [-0.2, -0.15) is 0 Å². The highest BCUT2D eigenvalue weighted by Crippen LogP contribution is 2.03. The number of ether oxygens (including phenoxy) is 1. The minimum Gasteiger partial charge on any atom is -0.748 e. The Balaban J connectivity index is 3.95. The highest BCUT2D eigenvalue weighted by atomic mass is 32.2. The summed E-state index contributed by atoms with van der Waals surface area (Å²) in [5.74, 6) is 1.92. The minimum atomic E-state index is -4.16. The van der Waals surface area contributed by atoms with Crippen LogP contribution in [0.4, 0.5) is 0 Å². The zero-order valence-electron chi connectivity index (χ0n) is 10.8. The van der Waals surface area contributed by atoms with E-state index >= 15 is 0 Å². The van der Waals surface area contributed by atoms with Gasteiger partial charge in [0, 0.05) is 12.2 Å². The van der Waals surface area contributed by atoms with Crippen LogP contribution in [-0.2, 0) is 14.9 Å².